The lowest BCUT2D eigenvalue weighted by Crippen LogP contribution is -2.43. The molecule has 6 heteroatoms. The van der Waals surface area contributed by atoms with Gasteiger partial charge in [0.2, 0.25) is 5.91 Å². The second-order valence-electron chi connectivity index (χ2n) is 7.83. The summed E-state index contributed by atoms with van der Waals surface area (Å²) < 4.78 is 0. The van der Waals surface area contributed by atoms with Gasteiger partial charge in [-0.2, -0.15) is 0 Å². The molecule has 1 saturated carbocycles. The number of likely N-dealkylation sites (tertiary alicyclic amines) is 1. The summed E-state index contributed by atoms with van der Waals surface area (Å²) in [7, 11) is 0. The smallest absolute Gasteiger partial charge is 0.223 e. The molecule has 27 heavy (non-hydrogen) atoms. The molecule has 4 rings (SSSR count). The zero-order valence-electron chi connectivity index (χ0n) is 15.7. The van der Waals surface area contributed by atoms with Crippen molar-refractivity contribution >= 4 is 17.2 Å². The van der Waals surface area contributed by atoms with Crippen LogP contribution in [0.1, 0.15) is 55.1 Å². The van der Waals surface area contributed by atoms with Gasteiger partial charge in [0.1, 0.15) is 5.01 Å². The third-order valence-corrected chi connectivity index (χ3v) is 6.77. The molecule has 2 aromatic heterocycles. The Hall–Kier alpha value is -1.79. The lowest BCUT2D eigenvalue weighted by molar-refractivity contribution is -0.126. The van der Waals surface area contributed by atoms with Gasteiger partial charge in [0.05, 0.1) is 6.04 Å². The summed E-state index contributed by atoms with van der Waals surface area (Å²) >= 11 is 1.66. The number of aromatic nitrogens is 2. The van der Waals surface area contributed by atoms with Gasteiger partial charge >= 0.3 is 0 Å². The molecule has 2 aromatic rings. The highest BCUT2D eigenvalue weighted by Crippen LogP contribution is 2.33. The van der Waals surface area contributed by atoms with E-state index in [1.165, 1.54) is 18.4 Å². The SMILES string of the molecule is O=C(N[C@@H](c1nccs1)[C@@H]1CCCN(Cc2ccncc2)C1)C1CCCC1. The molecule has 144 valence electrons. The third kappa shape index (κ3) is 4.74. The van der Waals surface area contributed by atoms with Crippen molar-refractivity contribution in [3.05, 3.63) is 46.7 Å². The standard InChI is InChI=1S/C21H28N4OS/c26-20(17-4-1-2-5-17)24-19(21-23-11-13-27-21)18-6-3-12-25(15-18)14-16-7-9-22-10-8-16/h7-11,13,17-19H,1-6,12,14-15H2,(H,24,26)/t18-,19-/m1/s1. The Bertz CT molecular complexity index is 715. The highest BCUT2D eigenvalue weighted by Gasteiger charge is 2.33. The number of amides is 1. The van der Waals surface area contributed by atoms with Crippen molar-refractivity contribution < 1.29 is 4.79 Å². The maximum atomic E-state index is 12.8. The largest absolute Gasteiger partial charge is 0.346 e. The van der Waals surface area contributed by atoms with Gasteiger partial charge in [0, 0.05) is 43.0 Å². The van der Waals surface area contributed by atoms with Crippen molar-refractivity contribution in [3.8, 4) is 0 Å². The van der Waals surface area contributed by atoms with Crippen LogP contribution in [0.5, 0.6) is 0 Å². The predicted molar refractivity (Wildman–Crippen MR) is 107 cm³/mol. The van der Waals surface area contributed by atoms with Gasteiger partial charge in [0.15, 0.2) is 0 Å². The number of nitrogens with one attached hydrogen (secondary N) is 1. The van der Waals surface area contributed by atoms with Crippen LogP contribution in [-0.2, 0) is 11.3 Å². The molecule has 3 heterocycles. The molecule has 1 amide bonds. The van der Waals surface area contributed by atoms with Crippen LogP contribution in [-0.4, -0.2) is 33.9 Å². The van der Waals surface area contributed by atoms with E-state index >= 15 is 0 Å². The van der Waals surface area contributed by atoms with Crippen LogP contribution in [0.4, 0.5) is 0 Å². The second-order valence-corrected chi connectivity index (χ2v) is 8.76. The van der Waals surface area contributed by atoms with Crippen molar-refractivity contribution in [2.45, 2.75) is 51.1 Å². The highest BCUT2D eigenvalue weighted by atomic mass is 32.1. The van der Waals surface area contributed by atoms with Gasteiger partial charge in [-0.15, -0.1) is 11.3 Å². The quantitative estimate of drug-likeness (QED) is 0.823. The van der Waals surface area contributed by atoms with Gasteiger partial charge in [0.25, 0.3) is 0 Å². The average Bonchev–Trinajstić information content (AvgIpc) is 3.41. The summed E-state index contributed by atoms with van der Waals surface area (Å²) in [6.45, 7) is 3.05. The number of carbonyl (C=O) groups excluding carboxylic acids is 1. The molecule has 0 bridgehead atoms. The minimum absolute atomic E-state index is 0.0401. The average molecular weight is 385 g/mol. The molecule has 0 aromatic carbocycles. The van der Waals surface area contributed by atoms with E-state index in [1.807, 2.05) is 24.0 Å². The number of carbonyl (C=O) groups is 1. The fourth-order valence-corrected chi connectivity index (χ4v) is 5.26. The Labute approximate surface area is 165 Å². The van der Waals surface area contributed by atoms with Crippen LogP contribution in [0.3, 0.4) is 0 Å². The van der Waals surface area contributed by atoms with Crippen LogP contribution < -0.4 is 5.32 Å². The van der Waals surface area contributed by atoms with Crippen molar-refractivity contribution in [3.63, 3.8) is 0 Å². The van der Waals surface area contributed by atoms with Crippen molar-refractivity contribution in [2.75, 3.05) is 13.1 Å². The van der Waals surface area contributed by atoms with E-state index in [0.717, 1.165) is 50.3 Å². The van der Waals surface area contributed by atoms with E-state index in [2.05, 4.69) is 32.3 Å². The van der Waals surface area contributed by atoms with E-state index in [-0.39, 0.29) is 17.9 Å². The number of rotatable bonds is 6. The number of nitrogens with zero attached hydrogens (tertiary/aromatic N) is 3. The first-order chi connectivity index (χ1) is 13.3. The van der Waals surface area contributed by atoms with Crippen LogP contribution >= 0.6 is 11.3 Å². The molecule has 0 radical (unpaired) electrons. The zero-order chi connectivity index (χ0) is 18.5. The molecule has 0 unspecified atom stereocenters. The Kier molecular flexibility index (Phi) is 6.14. The third-order valence-electron chi connectivity index (χ3n) is 5.91. The van der Waals surface area contributed by atoms with Crippen LogP contribution in [0.15, 0.2) is 36.1 Å². The lowest BCUT2D eigenvalue weighted by Gasteiger charge is -2.37. The number of pyridine rings is 1. The van der Waals surface area contributed by atoms with Gasteiger partial charge in [-0.05, 0) is 55.8 Å². The zero-order valence-corrected chi connectivity index (χ0v) is 16.5. The minimum atomic E-state index is 0.0401. The summed E-state index contributed by atoms with van der Waals surface area (Å²) in [5, 5.41) is 6.46. The molecule has 0 spiro atoms. The van der Waals surface area contributed by atoms with E-state index in [9.17, 15) is 4.79 Å². The maximum Gasteiger partial charge on any atom is 0.223 e. The molecule has 1 aliphatic heterocycles. The topological polar surface area (TPSA) is 58.1 Å². The minimum Gasteiger partial charge on any atom is -0.346 e. The fraction of sp³-hybridized carbons (Fsp3) is 0.571. The van der Waals surface area contributed by atoms with Gasteiger partial charge in [-0.1, -0.05) is 12.8 Å². The molecule has 1 N–H and O–H groups in total. The summed E-state index contributed by atoms with van der Waals surface area (Å²) in [5.41, 5.74) is 1.30. The van der Waals surface area contributed by atoms with Crippen LogP contribution in [0.2, 0.25) is 0 Å². The Balaban J connectivity index is 1.45. The van der Waals surface area contributed by atoms with Crippen LogP contribution in [0.25, 0.3) is 0 Å². The number of piperidine rings is 1. The summed E-state index contributed by atoms with van der Waals surface area (Å²) in [4.78, 5) is 24.0. The Morgan fingerprint density at radius 3 is 2.74 bits per heavy atom. The van der Waals surface area contributed by atoms with E-state index in [4.69, 9.17) is 0 Å². The number of thiazole rings is 1. The molecule has 2 aliphatic rings. The summed E-state index contributed by atoms with van der Waals surface area (Å²) in [6, 6.07) is 4.21. The van der Waals surface area contributed by atoms with E-state index in [1.54, 1.807) is 11.3 Å². The Morgan fingerprint density at radius 2 is 2.00 bits per heavy atom. The first kappa shape index (κ1) is 18.6. The lowest BCUT2D eigenvalue weighted by atomic mass is 9.90. The fourth-order valence-electron chi connectivity index (χ4n) is 4.48. The van der Waals surface area contributed by atoms with Gasteiger partial charge in [-0.3, -0.25) is 14.7 Å². The highest BCUT2D eigenvalue weighted by molar-refractivity contribution is 7.09. The molecule has 1 saturated heterocycles. The van der Waals surface area contributed by atoms with Crippen molar-refractivity contribution in [1.29, 1.82) is 0 Å². The number of hydrogen-bond donors (Lipinski definition) is 1. The molecule has 2 fully saturated rings. The van der Waals surface area contributed by atoms with Crippen molar-refractivity contribution in [1.82, 2.24) is 20.2 Å². The van der Waals surface area contributed by atoms with Crippen LogP contribution in [0, 0.1) is 11.8 Å². The van der Waals surface area contributed by atoms with E-state index in [0.29, 0.717) is 5.92 Å². The van der Waals surface area contributed by atoms with Gasteiger partial charge < -0.3 is 5.32 Å². The molecule has 2 atom stereocenters. The van der Waals surface area contributed by atoms with Crippen molar-refractivity contribution in [2.24, 2.45) is 11.8 Å². The monoisotopic (exact) mass is 384 g/mol. The molecule has 1 aliphatic carbocycles. The number of hydrogen-bond acceptors (Lipinski definition) is 5. The second kappa shape index (κ2) is 8.93. The maximum absolute atomic E-state index is 12.8. The molecular formula is C21H28N4OS. The van der Waals surface area contributed by atoms with E-state index < -0.39 is 0 Å². The normalized spacial score (nSPS) is 22.6. The Morgan fingerprint density at radius 1 is 1.19 bits per heavy atom. The summed E-state index contributed by atoms with van der Waals surface area (Å²) in [5.74, 6) is 0.847. The molecule has 5 nitrogen and oxygen atoms in total. The van der Waals surface area contributed by atoms with Gasteiger partial charge in [-0.25, -0.2) is 4.98 Å². The molecular weight excluding hydrogens is 356 g/mol. The first-order valence-corrected chi connectivity index (χ1v) is 11.0. The predicted octanol–water partition coefficient (Wildman–Crippen LogP) is 3.80. The summed E-state index contributed by atoms with van der Waals surface area (Å²) in [6.07, 6.45) is 12.3. The first-order valence-electron chi connectivity index (χ1n) is 10.1.